The molecule has 0 bridgehead atoms. The maximum atomic E-state index is 12.5. The number of aromatic nitrogens is 3. The predicted octanol–water partition coefficient (Wildman–Crippen LogP) is 5.14. The highest BCUT2D eigenvalue weighted by Crippen LogP contribution is 2.30. The van der Waals surface area contributed by atoms with Crippen LogP contribution >= 0.6 is 43.6 Å². The zero-order valence-electron chi connectivity index (χ0n) is 19.3. The maximum Gasteiger partial charge on any atom is 0.342 e. The molecular weight excluding hydrogens is 610 g/mol. The third kappa shape index (κ3) is 6.15. The highest BCUT2D eigenvalue weighted by Gasteiger charge is 2.24. The second-order valence-corrected chi connectivity index (χ2v) is 10.4. The molecule has 1 heterocycles. The molecule has 4 rings (SSSR count). The number of rotatable bonds is 8. The number of carbonyl (C=O) groups excluding carboxylic acids is 1. The summed E-state index contributed by atoms with van der Waals surface area (Å²) in [5.74, 6) is 1.34. The number of aryl methyl sites for hydroxylation is 1. The van der Waals surface area contributed by atoms with Crippen LogP contribution in [0.1, 0.15) is 11.1 Å². The number of amides is 1. The lowest BCUT2D eigenvalue weighted by Crippen LogP contribution is -2.34. The van der Waals surface area contributed by atoms with Crippen LogP contribution in [0, 0.1) is 6.92 Å². The third-order valence-corrected chi connectivity index (χ3v) is 7.11. The minimum absolute atomic E-state index is 0.0336. The van der Waals surface area contributed by atoms with Gasteiger partial charge < -0.3 is 9.84 Å². The van der Waals surface area contributed by atoms with E-state index in [0.717, 1.165) is 32.9 Å². The second kappa shape index (κ2) is 11.7. The molecule has 184 valence electrons. The van der Waals surface area contributed by atoms with Crippen molar-refractivity contribution in [2.24, 2.45) is 5.10 Å². The van der Waals surface area contributed by atoms with Crippen LogP contribution in [-0.2, 0) is 4.79 Å². The Morgan fingerprint density at radius 1 is 1.19 bits per heavy atom. The molecular formula is C25H22Br2N5O3S+. The summed E-state index contributed by atoms with van der Waals surface area (Å²) in [5.41, 5.74) is 5.94. The van der Waals surface area contributed by atoms with E-state index in [1.807, 2.05) is 60.0 Å². The predicted molar refractivity (Wildman–Crippen MR) is 147 cm³/mol. The number of nitrogens with zero attached hydrogens (tertiary/aromatic N) is 3. The summed E-state index contributed by atoms with van der Waals surface area (Å²) < 4.78 is 8.53. The van der Waals surface area contributed by atoms with Gasteiger partial charge >= 0.3 is 5.16 Å². The summed E-state index contributed by atoms with van der Waals surface area (Å²) in [6, 6.07) is 19.1. The molecule has 4 aromatic rings. The van der Waals surface area contributed by atoms with E-state index >= 15 is 0 Å². The molecule has 0 saturated heterocycles. The van der Waals surface area contributed by atoms with Crippen LogP contribution in [0.5, 0.6) is 11.5 Å². The van der Waals surface area contributed by atoms with Gasteiger partial charge in [0.15, 0.2) is 0 Å². The number of halogens is 2. The van der Waals surface area contributed by atoms with Gasteiger partial charge in [-0.2, -0.15) is 9.67 Å². The number of phenols is 1. The van der Waals surface area contributed by atoms with Crippen molar-refractivity contribution in [3.63, 3.8) is 0 Å². The van der Waals surface area contributed by atoms with Crippen molar-refractivity contribution >= 4 is 55.7 Å². The van der Waals surface area contributed by atoms with Gasteiger partial charge in [-0.05, 0) is 83.1 Å². The minimum Gasteiger partial charge on any atom is -0.506 e. The molecule has 0 saturated carbocycles. The first kappa shape index (κ1) is 25.9. The number of aromatic amines is 1. The summed E-state index contributed by atoms with van der Waals surface area (Å²) >= 11 is 7.91. The van der Waals surface area contributed by atoms with E-state index in [1.54, 1.807) is 19.2 Å². The van der Waals surface area contributed by atoms with Crippen molar-refractivity contribution in [3.05, 3.63) is 80.7 Å². The Kier molecular flexibility index (Phi) is 8.44. The van der Waals surface area contributed by atoms with Crippen molar-refractivity contribution in [1.29, 1.82) is 0 Å². The highest BCUT2D eigenvalue weighted by molar-refractivity contribution is 9.11. The van der Waals surface area contributed by atoms with Crippen molar-refractivity contribution < 1.29 is 19.2 Å². The summed E-state index contributed by atoms with van der Waals surface area (Å²) in [5, 5.41) is 22.3. The fraction of sp³-hybridized carbons (Fsp3) is 0.120. The molecule has 0 aliphatic heterocycles. The molecule has 0 atom stereocenters. The topological polar surface area (TPSA) is 103 Å². The summed E-state index contributed by atoms with van der Waals surface area (Å²) in [7, 11) is 1.62. The fourth-order valence-corrected chi connectivity index (χ4v) is 5.31. The molecule has 0 unspecified atom stereocenters. The number of phenolic OH excluding ortho intramolecular Hbond substituents is 1. The molecule has 1 amide bonds. The van der Waals surface area contributed by atoms with Crippen LogP contribution in [0.4, 0.5) is 0 Å². The lowest BCUT2D eigenvalue weighted by Gasteiger charge is -2.06. The molecule has 3 aromatic carbocycles. The molecule has 8 nitrogen and oxygen atoms in total. The Bertz CT molecular complexity index is 1410. The smallest absolute Gasteiger partial charge is 0.342 e. The highest BCUT2D eigenvalue weighted by atomic mass is 79.9. The third-order valence-electron chi connectivity index (χ3n) is 5.11. The van der Waals surface area contributed by atoms with Crippen LogP contribution in [-0.4, -0.2) is 40.3 Å². The average Bonchev–Trinajstić information content (AvgIpc) is 3.30. The quantitative estimate of drug-likeness (QED) is 0.108. The number of thioether (sulfide) groups is 1. The molecule has 0 aliphatic carbocycles. The van der Waals surface area contributed by atoms with E-state index < -0.39 is 0 Å². The Balaban J connectivity index is 1.52. The van der Waals surface area contributed by atoms with Gasteiger partial charge in [0.1, 0.15) is 17.2 Å². The number of hydrogen-bond acceptors (Lipinski definition) is 6. The van der Waals surface area contributed by atoms with E-state index in [1.165, 1.54) is 18.0 Å². The van der Waals surface area contributed by atoms with Gasteiger partial charge in [-0.15, -0.1) is 5.10 Å². The van der Waals surface area contributed by atoms with Crippen LogP contribution in [0.15, 0.2) is 79.9 Å². The molecule has 11 heteroatoms. The van der Waals surface area contributed by atoms with Gasteiger partial charge in [0.2, 0.25) is 0 Å². The van der Waals surface area contributed by atoms with Crippen molar-refractivity contribution in [1.82, 2.24) is 15.6 Å². The Morgan fingerprint density at radius 2 is 1.92 bits per heavy atom. The van der Waals surface area contributed by atoms with Crippen LogP contribution in [0.3, 0.4) is 0 Å². The first-order valence-electron chi connectivity index (χ1n) is 10.7. The molecule has 36 heavy (non-hydrogen) atoms. The van der Waals surface area contributed by atoms with Crippen molar-refractivity contribution in [2.45, 2.75) is 12.1 Å². The zero-order chi connectivity index (χ0) is 25.7. The van der Waals surface area contributed by atoms with Crippen molar-refractivity contribution in [3.8, 4) is 28.6 Å². The monoisotopic (exact) mass is 630 g/mol. The normalized spacial score (nSPS) is 11.1. The number of carbonyl (C=O) groups is 1. The Labute approximate surface area is 229 Å². The molecule has 0 radical (unpaired) electrons. The molecule has 0 spiro atoms. The van der Waals surface area contributed by atoms with Gasteiger partial charge in [0.25, 0.3) is 11.7 Å². The van der Waals surface area contributed by atoms with Crippen LogP contribution in [0.25, 0.3) is 17.1 Å². The number of hydrogen-bond donors (Lipinski definition) is 3. The van der Waals surface area contributed by atoms with Gasteiger partial charge in [0.05, 0.1) is 34.2 Å². The van der Waals surface area contributed by atoms with Crippen LogP contribution in [0.2, 0.25) is 0 Å². The Hall–Kier alpha value is -3.15. The molecule has 0 fully saturated rings. The van der Waals surface area contributed by atoms with E-state index in [-0.39, 0.29) is 17.4 Å². The average molecular weight is 632 g/mol. The number of aromatic hydroxyl groups is 1. The number of H-pyrrole nitrogens is 1. The van der Waals surface area contributed by atoms with Gasteiger partial charge in [0, 0.05) is 10.0 Å². The van der Waals surface area contributed by atoms with Gasteiger partial charge in [-0.3, -0.25) is 4.79 Å². The first-order chi connectivity index (χ1) is 17.4. The van der Waals surface area contributed by atoms with Gasteiger partial charge in [-0.1, -0.05) is 33.6 Å². The number of benzene rings is 3. The van der Waals surface area contributed by atoms with E-state index in [0.29, 0.717) is 15.2 Å². The van der Waals surface area contributed by atoms with Crippen LogP contribution < -0.4 is 14.7 Å². The lowest BCUT2D eigenvalue weighted by atomic mass is 10.1. The molecule has 3 N–H and O–H groups in total. The molecule has 1 aromatic heterocycles. The number of ether oxygens (including phenoxy) is 1. The standard InChI is InChI=1S/C25H21Br2N5O3S/c1-15-3-5-16(6-4-15)24-30-31-25(32(24)19-7-9-20(35-2)10-8-19)36-14-22(33)29-28-13-17-11-18(26)12-21(27)23(17)34/h3-13H,14H2,1-2H3,(H2,28,29,33,34)/p+1. The first-order valence-corrected chi connectivity index (χ1v) is 13.3. The minimum atomic E-state index is -0.314. The maximum absolute atomic E-state index is 12.5. The van der Waals surface area contributed by atoms with Crippen molar-refractivity contribution in [2.75, 3.05) is 12.9 Å². The largest absolute Gasteiger partial charge is 0.506 e. The summed E-state index contributed by atoms with van der Waals surface area (Å²) in [4.78, 5) is 12.5. The number of methoxy groups -OCH3 is 1. The second-order valence-electron chi connectivity index (χ2n) is 7.66. The SMILES string of the molecule is COc1ccc(-[n+]2c(SCC(=O)NN=Cc3cc(Br)cc(Br)c3O)n[nH]c2-c2ccc(C)cc2)cc1. The summed E-state index contributed by atoms with van der Waals surface area (Å²) in [6.45, 7) is 2.04. The Morgan fingerprint density at radius 3 is 2.61 bits per heavy atom. The zero-order valence-corrected chi connectivity index (χ0v) is 23.3. The number of nitrogens with one attached hydrogen (secondary N) is 2. The molecule has 0 aliphatic rings. The van der Waals surface area contributed by atoms with E-state index in [4.69, 9.17) is 4.74 Å². The lowest BCUT2D eigenvalue weighted by molar-refractivity contribution is -0.625. The van der Waals surface area contributed by atoms with E-state index in [9.17, 15) is 9.90 Å². The number of hydrazone groups is 1. The van der Waals surface area contributed by atoms with E-state index in [2.05, 4.69) is 52.6 Å². The summed E-state index contributed by atoms with van der Waals surface area (Å²) in [6.07, 6.45) is 1.38. The van der Waals surface area contributed by atoms with Gasteiger partial charge in [-0.25, -0.2) is 5.43 Å². The fourth-order valence-electron chi connectivity index (χ4n) is 3.29.